The van der Waals surface area contributed by atoms with Crippen molar-refractivity contribution in [3.63, 3.8) is 0 Å². The maximum Gasteiger partial charge on any atom is 0.343 e. The van der Waals surface area contributed by atoms with Gasteiger partial charge in [0.25, 0.3) is 0 Å². The molecular weight excluding hydrogens is 234 g/mol. The van der Waals surface area contributed by atoms with Gasteiger partial charge in [-0.1, -0.05) is 6.07 Å². The molecule has 0 bridgehead atoms. The zero-order valence-electron chi connectivity index (χ0n) is 11.0. The molecule has 0 atom stereocenters. The van der Waals surface area contributed by atoms with Gasteiger partial charge < -0.3 is 19.5 Å². The van der Waals surface area contributed by atoms with Crippen LogP contribution in [0.5, 0.6) is 11.5 Å². The third kappa shape index (κ3) is 3.92. The molecule has 1 aromatic carbocycles. The Kier molecular flexibility index (Phi) is 5.45. The lowest BCUT2D eigenvalue weighted by atomic mass is 10.2. The zero-order valence-corrected chi connectivity index (χ0v) is 11.0. The van der Waals surface area contributed by atoms with Crippen LogP contribution in [-0.2, 0) is 0 Å². The smallest absolute Gasteiger partial charge is 0.343 e. The Bertz CT molecular complexity index is 404. The SMILES string of the molecule is CCOc1cccc(OCCN(C)C)c1C(=O)O. The molecule has 18 heavy (non-hydrogen) atoms. The van der Waals surface area contributed by atoms with Crippen molar-refractivity contribution >= 4 is 5.97 Å². The number of carboxylic acid groups (broad SMARTS) is 1. The van der Waals surface area contributed by atoms with E-state index in [-0.39, 0.29) is 5.56 Å². The second-order valence-electron chi connectivity index (χ2n) is 4.02. The van der Waals surface area contributed by atoms with Gasteiger partial charge in [0, 0.05) is 6.54 Å². The van der Waals surface area contributed by atoms with Crippen LogP contribution in [-0.4, -0.2) is 49.8 Å². The predicted octanol–water partition coefficient (Wildman–Crippen LogP) is 1.72. The first-order valence-corrected chi connectivity index (χ1v) is 5.83. The number of rotatable bonds is 7. The molecule has 5 heteroatoms. The summed E-state index contributed by atoms with van der Waals surface area (Å²) >= 11 is 0. The standard InChI is InChI=1S/C13H19NO4/c1-4-17-10-6-5-7-11(12(10)13(15)16)18-9-8-14(2)3/h5-7H,4,8-9H2,1-3H3,(H,15,16). The van der Waals surface area contributed by atoms with Gasteiger partial charge in [-0.2, -0.15) is 0 Å². The fourth-order valence-corrected chi connectivity index (χ4v) is 1.46. The van der Waals surface area contributed by atoms with Crippen molar-refractivity contribution < 1.29 is 19.4 Å². The number of ether oxygens (including phenoxy) is 2. The molecule has 0 aliphatic rings. The van der Waals surface area contributed by atoms with Crippen molar-refractivity contribution in [3.8, 4) is 11.5 Å². The van der Waals surface area contributed by atoms with Gasteiger partial charge in [-0.15, -0.1) is 0 Å². The number of benzene rings is 1. The van der Waals surface area contributed by atoms with Crippen LogP contribution in [0, 0.1) is 0 Å². The number of carbonyl (C=O) groups is 1. The minimum atomic E-state index is -1.04. The van der Waals surface area contributed by atoms with E-state index in [1.165, 1.54) is 0 Å². The van der Waals surface area contributed by atoms with E-state index in [0.29, 0.717) is 24.7 Å². The first-order chi connectivity index (χ1) is 8.56. The van der Waals surface area contributed by atoms with Crippen molar-refractivity contribution in [2.75, 3.05) is 33.9 Å². The van der Waals surface area contributed by atoms with Crippen LogP contribution >= 0.6 is 0 Å². The first-order valence-electron chi connectivity index (χ1n) is 5.83. The van der Waals surface area contributed by atoms with Gasteiger partial charge >= 0.3 is 5.97 Å². The number of hydrogen-bond donors (Lipinski definition) is 1. The minimum Gasteiger partial charge on any atom is -0.493 e. The summed E-state index contributed by atoms with van der Waals surface area (Å²) < 4.78 is 10.8. The molecule has 0 unspecified atom stereocenters. The summed E-state index contributed by atoms with van der Waals surface area (Å²) in [7, 11) is 3.86. The maximum absolute atomic E-state index is 11.2. The fourth-order valence-electron chi connectivity index (χ4n) is 1.46. The van der Waals surface area contributed by atoms with E-state index in [0.717, 1.165) is 6.54 Å². The van der Waals surface area contributed by atoms with Gasteiger partial charge in [0.05, 0.1) is 6.61 Å². The topological polar surface area (TPSA) is 59.0 Å². The van der Waals surface area contributed by atoms with Gasteiger partial charge in [-0.05, 0) is 33.2 Å². The molecule has 0 fully saturated rings. The predicted molar refractivity (Wildman–Crippen MR) is 68.6 cm³/mol. The molecule has 100 valence electrons. The second kappa shape index (κ2) is 6.86. The summed E-state index contributed by atoms with van der Waals surface area (Å²) in [6.07, 6.45) is 0. The molecule has 1 aromatic rings. The Morgan fingerprint density at radius 2 is 1.89 bits per heavy atom. The summed E-state index contributed by atoms with van der Waals surface area (Å²) in [6.45, 7) is 3.38. The van der Waals surface area contributed by atoms with Gasteiger partial charge in [0.15, 0.2) is 0 Å². The lowest BCUT2D eigenvalue weighted by molar-refractivity contribution is 0.0687. The Morgan fingerprint density at radius 1 is 1.28 bits per heavy atom. The van der Waals surface area contributed by atoms with Crippen molar-refractivity contribution in [3.05, 3.63) is 23.8 Å². The molecule has 0 aliphatic heterocycles. The van der Waals surface area contributed by atoms with E-state index in [1.54, 1.807) is 18.2 Å². The molecule has 0 aliphatic carbocycles. The molecule has 0 aromatic heterocycles. The zero-order chi connectivity index (χ0) is 13.5. The molecule has 5 nitrogen and oxygen atoms in total. The minimum absolute atomic E-state index is 0.0816. The average Bonchev–Trinajstić information content (AvgIpc) is 2.28. The summed E-state index contributed by atoms with van der Waals surface area (Å²) in [4.78, 5) is 13.2. The Balaban J connectivity index is 2.88. The van der Waals surface area contributed by atoms with Gasteiger partial charge in [0.1, 0.15) is 23.7 Å². The third-order valence-corrected chi connectivity index (χ3v) is 2.30. The summed E-state index contributed by atoms with van der Waals surface area (Å²) in [5, 5.41) is 9.21. The number of aromatic carboxylic acids is 1. The highest BCUT2D eigenvalue weighted by Crippen LogP contribution is 2.28. The highest BCUT2D eigenvalue weighted by molar-refractivity contribution is 5.94. The van der Waals surface area contributed by atoms with Crippen molar-refractivity contribution in [1.82, 2.24) is 4.90 Å². The summed E-state index contributed by atoms with van der Waals surface area (Å²) in [6, 6.07) is 5.00. The lowest BCUT2D eigenvalue weighted by Crippen LogP contribution is -2.20. The fraction of sp³-hybridized carbons (Fsp3) is 0.462. The van der Waals surface area contributed by atoms with Crippen LogP contribution in [0.1, 0.15) is 17.3 Å². The van der Waals surface area contributed by atoms with Crippen LogP contribution in [0.15, 0.2) is 18.2 Å². The van der Waals surface area contributed by atoms with Crippen LogP contribution in [0.4, 0.5) is 0 Å². The van der Waals surface area contributed by atoms with Crippen LogP contribution in [0.2, 0.25) is 0 Å². The van der Waals surface area contributed by atoms with E-state index < -0.39 is 5.97 Å². The third-order valence-electron chi connectivity index (χ3n) is 2.30. The molecule has 0 amide bonds. The van der Waals surface area contributed by atoms with Crippen LogP contribution in [0.25, 0.3) is 0 Å². The number of nitrogens with zero attached hydrogens (tertiary/aromatic N) is 1. The molecule has 0 heterocycles. The molecule has 1 rings (SSSR count). The van der Waals surface area contributed by atoms with Gasteiger partial charge in [0.2, 0.25) is 0 Å². The quantitative estimate of drug-likeness (QED) is 0.801. The highest BCUT2D eigenvalue weighted by atomic mass is 16.5. The molecule has 0 spiro atoms. The molecule has 0 radical (unpaired) electrons. The lowest BCUT2D eigenvalue weighted by Gasteiger charge is -2.14. The normalized spacial score (nSPS) is 10.4. The second-order valence-corrected chi connectivity index (χ2v) is 4.02. The average molecular weight is 253 g/mol. The van der Waals surface area contributed by atoms with E-state index in [4.69, 9.17) is 9.47 Å². The number of carboxylic acids is 1. The Labute approximate surface area is 107 Å². The largest absolute Gasteiger partial charge is 0.493 e. The monoisotopic (exact) mass is 253 g/mol. The van der Waals surface area contributed by atoms with E-state index in [9.17, 15) is 9.90 Å². The molecular formula is C13H19NO4. The summed E-state index contributed by atoms with van der Waals surface area (Å²) in [5.41, 5.74) is 0.0816. The van der Waals surface area contributed by atoms with Crippen LogP contribution < -0.4 is 9.47 Å². The number of likely N-dealkylation sites (N-methyl/N-ethyl adjacent to an activating group) is 1. The van der Waals surface area contributed by atoms with Crippen molar-refractivity contribution in [2.45, 2.75) is 6.92 Å². The van der Waals surface area contributed by atoms with E-state index >= 15 is 0 Å². The molecule has 0 saturated heterocycles. The maximum atomic E-state index is 11.2. The van der Waals surface area contributed by atoms with E-state index in [1.807, 2.05) is 25.9 Å². The van der Waals surface area contributed by atoms with Crippen LogP contribution in [0.3, 0.4) is 0 Å². The van der Waals surface area contributed by atoms with Gasteiger partial charge in [-0.3, -0.25) is 0 Å². The Morgan fingerprint density at radius 3 is 2.39 bits per heavy atom. The van der Waals surface area contributed by atoms with Gasteiger partial charge in [-0.25, -0.2) is 4.79 Å². The van der Waals surface area contributed by atoms with Crippen molar-refractivity contribution in [1.29, 1.82) is 0 Å². The Hall–Kier alpha value is -1.75. The first kappa shape index (κ1) is 14.3. The molecule has 1 N–H and O–H groups in total. The summed E-state index contributed by atoms with van der Waals surface area (Å²) in [5.74, 6) is -0.360. The number of hydrogen-bond acceptors (Lipinski definition) is 4. The van der Waals surface area contributed by atoms with E-state index in [2.05, 4.69) is 0 Å². The molecule has 0 saturated carbocycles. The highest BCUT2D eigenvalue weighted by Gasteiger charge is 2.17. The van der Waals surface area contributed by atoms with Crippen molar-refractivity contribution in [2.24, 2.45) is 0 Å².